The molecule has 1 aliphatic heterocycles. The number of benzene rings is 3. The maximum atomic E-state index is 12.7. The normalized spacial score (nSPS) is 14.0. The molecule has 0 aromatic heterocycles. The van der Waals surface area contributed by atoms with E-state index in [1.807, 2.05) is 30.3 Å². The van der Waals surface area contributed by atoms with Gasteiger partial charge in [-0.3, -0.25) is 4.79 Å². The van der Waals surface area contributed by atoms with Crippen molar-refractivity contribution in [3.05, 3.63) is 99.2 Å². The predicted molar refractivity (Wildman–Crippen MR) is 119 cm³/mol. The lowest BCUT2D eigenvalue weighted by Gasteiger charge is -2.07. The van der Waals surface area contributed by atoms with E-state index in [2.05, 4.69) is 29.8 Å². The highest BCUT2D eigenvalue weighted by atomic mass is 79.9. The van der Waals surface area contributed by atoms with Crippen LogP contribution in [0.4, 0.5) is 0 Å². The van der Waals surface area contributed by atoms with Gasteiger partial charge in [0.15, 0.2) is 5.76 Å². The van der Waals surface area contributed by atoms with Gasteiger partial charge in [0.05, 0.1) is 11.1 Å². The molecule has 3 aromatic rings. The van der Waals surface area contributed by atoms with E-state index in [1.54, 1.807) is 42.5 Å². The van der Waals surface area contributed by atoms with E-state index in [9.17, 15) is 9.59 Å². The first-order valence-electron chi connectivity index (χ1n) is 9.57. The Balaban J connectivity index is 1.54. The summed E-state index contributed by atoms with van der Waals surface area (Å²) in [5.41, 5.74) is 2.98. The van der Waals surface area contributed by atoms with Gasteiger partial charge in [0.25, 0.3) is 0 Å². The molecule has 0 saturated carbocycles. The lowest BCUT2D eigenvalue weighted by molar-refractivity contribution is 0.0733. The van der Waals surface area contributed by atoms with Crippen LogP contribution >= 0.6 is 15.9 Å². The van der Waals surface area contributed by atoms with Crippen LogP contribution in [0.3, 0.4) is 0 Å². The quantitative estimate of drug-likeness (QED) is 0.255. The molecule has 150 valence electrons. The molecule has 0 spiro atoms. The first-order valence-corrected chi connectivity index (χ1v) is 10.4. The third-order valence-corrected chi connectivity index (χ3v) is 5.54. The fraction of sp³-hybridized carbons (Fsp3) is 0.120. The minimum Gasteiger partial charge on any atom is -0.452 e. The summed E-state index contributed by atoms with van der Waals surface area (Å²) in [6.45, 7) is 4.27. The minimum atomic E-state index is -0.493. The van der Waals surface area contributed by atoms with Crippen molar-refractivity contribution < 1.29 is 19.1 Å². The molecular weight excluding hydrogens is 444 g/mol. The largest absolute Gasteiger partial charge is 0.452 e. The molecular formula is C25H19BrO4. The third-order valence-electron chi connectivity index (χ3n) is 4.85. The van der Waals surface area contributed by atoms with Crippen LogP contribution in [-0.4, -0.2) is 11.8 Å². The number of carbonyl (C=O) groups excluding carboxylic acids is 2. The van der Waals surface area contributed by atoms with Gasteiger partial charge >= 0.3 is 5.97 Å². The molecule has 4 nitrogen and oxygen atoms in total. The number of fused-ring (bicyclic) bond motifs is 1. The molecule has 4 rings (SSSR count). The van der Waals surface area contributed by atoms with E-state index in [1.165, 1.54) is 5.56 Å². The number of allylic oxidation sites excluding steroid dienone is 1. The van der Waals surface area contributed by atoms with E-state index in [4.69, 9.17) is 9.47 Å². The molecule has 5 heteroatoms. The Morgan fingerprint density at radius 1 is 1.03 bits per heavy atom. The summed E-state index contributed by atoms with van der Waals surface area (Å²) in [5.74, 6) is 0.691. The number of Topliss-reactive ketones (excluding diaryl/α,β-unsaturated/α-hetero) is 1. The number of esters is 1. The van der Waals surface area contributed by atoms with E-state index in [0.717, 1.165) is 5.56 Å². The predicted octanol–water partition coefficient (Wildman–Crippen LogP) is 6.41. The Bertz CT molecular complexity index is 1160. The van der Waals surface area contributed by atoms with Gasteiger partial charge in [0.2, 0.25) is 5.78 Å². The molecule has 1 heterocycles. The average molecular weight is 463 g/mol. The minimum absolute atomic E-state index is 0.193. The first kappa shape index (κ1) is 20.1. The van der Waals surface area contributed by atoms with Crippen LogP contribution in [0.15, 0.2) is 77.0 Å². The Kier molecular flexibility index (Phi) is 5.55. The Morgan fingerprint density at radius 3 is 2.47 bits per heavy atom. The van der Waals surface area contributed by atoms with Crippen LogP contribution in [0.5, 0.6) is 11.5 Å². The molecule has 1 aliphatic rings. The number of halogens is 1. The van der Waals surface area contributed by atoms with Gasteiger partial charge in [0.1, 0.15) is 11.5 Å². The maximum absolute atomic E-state index is 12.7. The number of hydrogen-bond donors (Lipinski definition) is 0. The monoisotopic (exact) mass is 462 g/mol. The van der Waals surface area contributed by atoms with Crippen molar-refractivity contribution in [1.29, 1.82) is 0 Å². The summed E-state index contributed by atoms with van der Waals surface area (Å²) in [6, 6.07) is 19.8. The van der Waals surface area contributed by atoms with Gasteiger partial charge in [-0.25, -0.2) is 4.79 Å². The molecule has 30 heavy (non-hydrogen) atoms. The van der Waals surface area contributed by atoms with Crippen molar-refractivity contribution in [1.82, 2.24) is 0 Å². The summed E-state index contributed by atoms with van der Waals surface area (Å²) >= 11 is 3.34. The van der Waals surface area contributed by atoms with E-state index in [0.29, 0.717) is 33.0 Å². The van der Waals surface area contributed by atoms with Crippen molar-refractivity contribution in [3.8, 4) is 11.5 Å². The average Bonchev–Trinajstić information content (AvgIpc) is 3.03. The molecule has 0 amide bonds. The van der Waals surface area contributed by atoms with Crippen molar-refractivity contribution in [2.75, 3.05) is 0 Å². The smallest absolute Gasteiger partial charge is 0.344 e. The lowest BCUT2D eigenvalue weighted by atomic mass is 10.0. The van der Waals surface area contributed by atoms with Crippen LogP contribution in [0.1, 0.15) is 51.6 Å². The summed E-state index contributed by atoms with van der Waals surface area (Å²) in [7, 11) is 0. The summed E-state index contributed by atoms with van der Waals surface area (Å²) < 4.78 is 11.9. The molecule has 0 bridgehead atoms. The Morgan fingerprint density at radius 2 is 1.77 bits per heavy atom. The lowest BCUT2D eigenvalue weighted by Crippen LogP contribution is -2.09. The van der Waals surface area contributed by atoms with Crippen molar-refractivity contribution in [2.45, 2.75) is 19.8 Å². The van der Waals surface area contributed by atoms with Crippen molar-refractivity contribution >= 4 is 33.8 Å². The Labute approximate surface area is 183 Å². The number of ether oxygens (including phenoxy) is 2. The first-order chi connectivity index (χ1) is 14.4. The van der Waals surface area contributed by atoms with Crippen LogP contribution < -0.4 is 9.47 Å². The van der Waals surface area contributed by atoms with Gasteiger partial charge in [-0.1, -0.05) is 50.2 Å². The molecule has 0 N–H and O–H groups in total. The molecule has 0 saturated heterocycles. The highest BCUT2D eigenvalue weighted by molar-refractivity contribution is 9.10. The van der Waals surface area contributed by atoms with Crippen LogP contribution in [0.2, 0.25) is 0 Å². The van der Waals surface area contributed by atoms with Crippen LogP contribution in [0.25, 0.3) is 6.08 Å². The number of carbonyl (C=O) groups is 2. The molecule has 0 aliphatic carbocycles. The van der Waals surface area contributed by atoms with E-state index < -0.39 is 5.97 Å². The van der Waals surface area contributed by atoms with E-state index in [-0.39, 0.29) is 11.5 Å². The zero-order chi connectivity index (χ0) is 21.3. The molecule has 0 fully saturated rings. The fourth-order valence-electron chi connectivity index (χ4n) is 3.15. The number of ketones is 1. The SMILES string of the molecule is CC(C)c1ccc(C=C2Oc3cc(OC(=O)c4ccccc4Br)ccc3C2=O)cc1. The van der Waals surface area contributed by atoms with Gasteiger partial charge in [-0.05, 0) is 63.3 Å². The van der Waals surface area contributed by atoms with Gasteiger partial charge < -0.3 is 9.47 Å². The topological polar surface area (TPSA) is 52.6 Å². The maximum Gasteiger partial charge on any atom is 0.344 e. The highest BCUT2D eigenvalue weighted by Crippen LogP contribution is 2.35. The zero-order valence-corrected chi connectivity index (χ0v) is 18.1. The molecule has 3 aromatic carbocycles. The summed E-state index contributed by atoms with van der Waals surface area (Å²) in [6.07, 6.45) is 1.72. The van der Waals surface area contributed by atoms with Crippen LogP contribution in [-0.2, 0) is 0 Å². The fourth-order valence-corrected chi connectivity index (χ4v) is 3.59. The second-order valence-electron chi connectivity index (χ2n) is 7.29. The molecule has 0 unspecified atom stereocenters. The molecule has 0 atom stereocenters. The number of rotatable bonds is 4. The van der Waals surface area contributed by atoms with Crippen molar-refractivity contribution in [3.63, 3.8) is 0 Å². The molecule has 0 radical (unpaired) electrons. The van der Waals surface area contributed by atoms with Gasteiger partial charge in [-0.15, -0.1) is 0 Å². The zero-order valence-electron chi connectivity index (χ0n) is 16.5. The summed E-state index contributed by atoms with van der Waals surface area (Å²) in [4.78, 5) is 25.1. The van der Waals surface area contributed by atoms with E-state index >= 15 is 0 Å². The summed E-state index contributed by atoms with van der Waals surface area (Å²) in [5, 5.41) is 0. The Hall–Kier alpha value is -3.18. The number of hydrogen-bond acceptors (Lipinski definition) is 4. The second kappa shape index (κ2) is 8.28. The van der Waals surface area contributed by atoms with Crippen molar-refractivity contribution in [2.24, 2.45) is 0 Å². The van der Waals surface area contributed by atoms with Gasteiger partial charge in [-0.2, -0.15) is 0 Å². The van der Waals surface area contributed by atoms with Gasteiger partial charge in [0, 0.05) is 10.5 Å². The second-order valence-corrected chi connectivity index (χ2v) is 8.14. The standard InChI is InChI=1S/C25H19BrO4/c1-15(2)17-9-7-16(8-10-17)13-23-24(27)20-12-11-18(14-22(20)30-23)29-25(28)19-5-3-4-6-21(19)26/h3-15H,1-2H3. The third kappa shape index (κ3) is 4.07. The van der Waals surface area contributed by atoms with Crippen LogP contribution in [0, 0.1) is 0 Å². The highest BCUT2D eigenvalue weighted by Gasteiger charge is 2.28.